The van der Waals surface area contributed by atoms with Crippen LogP contribution in [0.25, 0.3) is 10.9 Å². The highest BCUT2D eigenvalue weighted by molar-refractivity contribution is 9.10. The molecule has 4 nitrogen and oxygen atoms in total. The second-order valence-electron chi connectivity index (χ2n) is 3.64. The summed E-state index contributed by atoms with van der Waals surface area (Å²) in [7, 11) is -3.62. The standard InChI is InChI=1S/C9H6BrF3N2O2S/c1-18(16,17)5-3-2-4-6(7(5)10)8(15-14-4)9(11,12)13/h2-3H,1H3,(H,14,15). The Balaban J connectivity index is 2.89. The number of nitrogens with one attached hydrogen (secondary N) is 1. The van der Waals surface area contributed by atoms with Gasteiger partial charge in [-0.25, -0.2) is 8.42 Å². The van der Waals surface area contributed by atoms with Crippen molar-refractivity contribution in [3.8, 4) is 0 Å². The number of hydrogen-bond acceptors (Lipinski definition) is 3. The lowest BCUT2D eigenvalue weighted by atomic mass is 10.2. The number of nitrogens with zero attached hydrogens (tertiary/aromatic N) is 1. The van der Waals surface area contributed by atoms with Crippen molar-refractivity contribution in [3.63, 3.8) is 0 Å². The Kier molecular flexibility index (Phi) is 2.93. The van der Waals surface area contributed by atoms with Crippen LogP contribution in [-0.4, -0.2) is 24.9 Å². The smallest absolute Gasteiger partial charge is 0.272 e. The van der Waals surface area contributed by atoms with Gasteiger partial charge in [0.1, 0.15) is 5.69 Å². The van der Waals surface area contributed by atoms with Gasteiger partial charge in [0.05, 0.1) is 10.4 Å². The Hall–Kier alpha value is -1.09. The van der Waals surface area contributed by atoms with Crippen molar-refractivity contribution >= 4 is 36.7 Å². The normalized spacial score (nSPS) is 13.2. The molecule has 0 bridgehead atoms. The molecule has 0 atom stereocenters. The number of alkyl halides is 3. The van der Waals surface area contributed by atoms with E-state index in [9.17, 15) is 21.6 Å². The molecule has 1 aromatic heterocycles. The molecule has 1 aromatic carbocycles. The Labute approximate surface area is 108 Å². The number of rotatable bonds is 1. The van der Waals surface area contributed by atoms with Gasteiger partial charge in [-0.05, 0) is 28.1 Å². The molecule has 0 aliphatic heterocycles. The zero-order valence-electron chi connectivity index (χ0n) is 8.84. The molecule has 0 aliphatic rings. The van der Waals surface area contributed by atoms with Crippen molar-refractivity contribution in [1.29, 1.82) is 0 Å². The van der Waals surface area contributed by atoms with Crippen LogP contribution < -0.4 is 0 Å². The van der Waals surface area contributed by atoms with Gasteiger partial charge in [-0.2, -0.15) is 18.3 Å². The lowest BCUT2D eigenvalue weighted by Crippen LogP contribution is -2.07. The van der Waals surface area contributed by atoms with Gasteiger partial charge in [0.25, 0.3) is 0 Å². The molecule has 0 saturated carbocycles. The number of benzene rings is 1. The molecular formula is C9H6BrF3N2O2S. The number of sulfone groups is 1. The fraction of sp³-hybridized carbons (Fsp3) is 0.222. The first-order chi connectivity index (χ1) is 8.12. The maximum Gasteiger partial charge on any atom is 0.433 e. The molecule has 0 radical (unpaired) electrons. The Bertz CT molecular complexity index is 721. The van der Waals surface area contributed by atoms with E-state index < -0.39 is 21.7 Å². The van der Waals surface area contributed by atoms with E-state index in [0.29, 0.717) is 0 Å². The number of H-pyrrole nitrogens is 1. The van der Waals surface area contributed by atoms with Crippen LogP contribution in [0, 0.1) is 0 Å². The molecule has 98 valence electrons. The summed E-state index contributed by atoms with van der Waals surface area (Å²) in [4.78, 5) is -0.207. The highest BCUT2D eigenvalue weighted by Gasteiger charge is 2.36. The molecule has 0 saturated heterocycles. The van der Waals surface area contributed by atoms with E-state index in [1.807, 2.05) is 5.10 Å². The second-order valence-corrected chi connectivity index (χ2v) is 6.42. The highest BCUT2D eigenvalue weighted by Crippen LogP contribution is 2.38. The van der Waals surface area contributed by atoms with Crippen LogP contribution in [0.5, 0.6) is 0 Å². The van der Waals surface area contributed by atoms with E-state index in [2.05, 4.69) is 21.0 Å². The zero-order valence-corrected chi connectivity index (χ0v) is 11.2. The molecule has 0 spiro atoms. The zero-order chi connectivity index (χ0) is 13.7. The number of aromatic amines is 1. The van der Waals surface area contributed by atoms with Crippen LogP contribution in [-0.2, 0) is 16.0 Å². The van der Waals surface area contributed by atoms with E-state index in [0.717, 1.165) is 6.26 Å². The number of fused-ring (bicyclic) bond motifs is 1. The third-order valence-corrected chi connectivity index (χ3v) is 4.53. The summed E-state index contributed by atoms with van der Waals surface area (Å²) in [5.74, 6) is 0. The summed E-state index contributed by atoms with van der Waals surface area (Å²) >= 11 is 2.90. The van der Waals surface area contributed by atoms with Gasteiger partial charge in [0.2, 0.25) is 0 Å². The maximum absolute atomic E-state index is 12.7. The topological polar surface area (TPSA) is 62.8 Å². The first-order valence-corrected chi connectivity index (χ1v) is 7.24. The number of halogens is 4. The quantitative estimate of drug-likeness (QED) is 0.866. The van der Waals surface area contributed by atoms with Gasteiger partial charge in [-0.15, -0.1) is 0 Å². The summed E-state index contributed by atoms with van der Waals surface area (Å²) in [5, 5.41) is 5.09. The van der Waals surface area contributed by atoms with Crippen LogP contribution in [0.3, 0.4) is 0 Å². The fourth-order valence-electron chi connectivity index (χ4n) is 1.54. The van der Waals surface area contributed by atoms with Crippen LogP contribution in [0.2, 0.25) is 0 Å². The van der Waals surface area contributed by atoms with Gasteiger partial charge < -0.3 is 0 Å². The van der Waals surface area contributed by atoms with E-state index in [-0.39, 0.29) is 20.3 Å². The molecule has 0 aliphatic carbocycles. The van der Waals surface area contributed by atoms with E-state index in [4.69, 9.17) is 0 Å². The van der Waals surface area contributed by atoms with E-state index in [1.54, 1.807) is 0 Å². The van der Waals surface area contributed by atoms with Gasteiger partial charge in [-0.1, -0.05) is 0 Å². The average molecular weight is 343 g/mol. The predicted molar refractivity (Wildman–Crippen MR) is 61.9 cm³/mol. The minimum absolute atomic E-state index is 0.0431. The van der Waals surface area contributed by atoms with Crippen molar-refractivity contribution in [1.82, 2.24) is 10.2 Å². The Morgan fingerprint density at radius 3 is 2.44 bits per heavy atom. The SMILES string of the molecule is CS(=O)(=O)c1ccc2n[nH]c(C(F)(F)F)c2c1Br. The first-order valence-electron chi connectivity index (χ1n) is 4.56. The van der Waals surface area contributed by atoms with Gasteiger partial charge in [0.15, 0.2) is 9.84 Å². The van der Waals surface area contributed by atoms with E-state index >= 15 is 0 Å². The molecule has 2 aromatic rings. The predicted octanol–water partition coefficient (Wildman–Crippen LogP) is 2.75. The summed E-state index contributed by atoms with van der Waals surface area (Å²) in [6, 6.07) is 2.44. The second kappa shape index (κ2) is 3.95. The molecule has 18 heavy (non-hydrogen) atoms. The molecule has 0 amide bonds. The van der Waals surface area contributed by atoms with Crippen LogP contribution >= 0.6 is 15.9 Å². The van der Waals surface area contributed by atoms with Crippen molar-refractivity contribution in [2.75, 3.05) is 6.26 Å². The summed E-state index contributed by atoms with van der Waals surface area (Å²) in [6.45, 7) is 0. The lowest BCUT2D eigenvalue weighted by molar-refractivity contribution is -0.140. The van der Waals surface area contributed by atoms with Crippen LogP contribution in [0.4, 0.5) is 13.2 Å². The minimum Gasteiger partial charge on any atom is -0.272 e. The molecule has 0 unspecified atom stereocenters. The Morgan fingerprint density at radius 2 is 1.94 bits per heavy atom. The number of hydrogen-bond donors (Lipinski definition) is 1. The monoisotopic (exact) mass is 342 g/mol. The lowest BCUT2D eigenvalue weighted by Gasteiger charge is -2.07. The van der Waals surface area contributed by atoms with Crippen molar-refractivity contribution in [2.24, 2.45) is 0 Å². The average Bonchev–Trinajstić information content (AvgIpc) is 2.59. The van der Waals surface area contributed by atoms with E-state index in [1.165, 1.54) is 12.1 Å². The largest absolute Gasteiger partial charge is 0.433 e. The first kappa shape index (κ1) is 13.3. The summed E-state index contributed by atoms with van der Waals surface area (Å²) < 4.78 is 60.9. The van der Waals surface area contributed by atoms with Crippen molar-refractivity contribution < 1.29 is 21.6 Å². The van der Waals surface area contributed by atoms with Crippen molar-refractivity contribution in [3.05, 3.63) is 22.3 Å². The molecular weight excluding hydrogens is 337 g/mol. The number of aromatic nitrogens is 2. The van der Waals surface area contributed by atoms with Crippen LogP contribution in [0.1, 0.15) is 5.69 Å². The molecule has 0 fully saturated rings. The summed E-state index contributed by atoms with van der Waals surface area (Å²) in [6.07, 6.45) is -3.71. The van der Waals surface area contributed by atoms with Crippen molar-refractivity contribution in [2.45, 2.75) is 11.1 Å². The summed E-state index contributed by atoms with van der Waals surface area (Å²) in [5.41, 5.74) is -1.03. The van der Waals surface area contributed by atoms with Gasteiger partial charge >= 0.3 is 6.18 Å². The highest BCUT2D eigenvalue weighted by atomic mass is 79.9. The minimum atomic E-state index is -4.63. The molecule has 1 heterocycles. The van der Waals surface area contributed by atoms with Gasteiger partial charge in [0, 0.05) is 16.1 Å². The molecule has 2 rings (SSSR count). The third kappa shape index (κ3) is 2.12. The fourth-order valence-corrected chi connectivity index (χ4v) is 3.70. The maximum atomic E-state index is 12.7. The molecule has 1 N–H and O–H groups in total. The third-order valence-electron chi connectivity index (χ3n) is 2.31. The Morgan fingerprint density at radius 1 is 1.33 bits per heavy atom. The molecule has 9 heteroatoms. The van der Waals surface area contributed by atoms with Crippen LogP contribution in [0.15, 0.2) is 21.5 Å². The van der Waals surface area contributed by atoms with Gasteiger partial charge in [-0.3, -0.25) is 5.10 Å².